The number of rotatable bonds is 6. The van der Waals surface area contributed by atoms with E-state index in [0.717, 1.165) is 6.07 Å². The number of aromatic nitrogens is 1. The number of halogens is 1. The third-order valence-corrected chi connectivity index (χ3v) is 6.90. The number of carbonyl (C=O) groups is 3. The van der Waals surface area contributed by atoms with Crippen LogP contribution in [0, 0.1) is 0 Å². The van der Waals surface area contributed by atoms with Crippen LogP contribution in [0.4, 0.5) is 0 Å². The van der Waals surface area contributed by atoms with Crippen molar-refractivity contribution in [3.05, 3.63) is 52.8 Å². The molecule has 0 bridgehead atoms. The summed E-state index contributed by atoms with van der Waals surface area (Å²) in [5.41, 5.74) is 0.160. The van der Waals surface area contributed by atoms with E-state index in [-0.39, 0.29) is 47.5 Å². The highest BCUT2D eigenvalue weighted by Crippen LogP contribution is 2.26. The Morgan fingerprint density at radius 2 is 1.90 bits per heavy atom. The molecule has 2 amide bonds. The maximum atomic E-state index is 12.8. The number of nitrogens with zero attached hydrogens (tertiary/aromatic N) is 2. The number of esters is 1. The largest absolute Gasteiger partial charge is 0.452 e. The molecule has 12 heteroatoms. The van der Waals surface area contributed by atoms with Crippen molar-refractivity contribution in [3.63, 3.8) is 0 Å². The molecule has 31 heavy (non-hydrogen) atoms. The van der Waals surface area contributed by atoms with Crippen molar-refractivity contribution < 1.29 is 32.3 Å². The van der Waals surface area contributed by atoms with Crippen molar-refractivity contribution in [1.82, 2.24) is 14.2 Å². The fourth-order valence-electron chi connectivity index (χ4n) is 2.89. The number of aryl methyl sites for hydroxylation is 1. The molecular weight excluding hydrogens is 450 g/mol. The maximum Gasteiger partial charge on any atom is 0.338 e. The summed E-state index contributed by atoms with van der Waals surface area (Å²) in [6.07, 6.45) is 1.64. The average Bonchev–Trinajstić information content (AvgIpc) is 3.19. The first-order valence-electron chi connectivity index (χ1n) is 9.20. The summed E-state index contributed by atoms with van der Waals surface area (Å²) in [5, 5.41) is 2.06. The molecule has 0 aliphatic carbocycles. The Labute approximate surface area is 183 Å². The van der Waals surface area contributed by atoms with Gasteiger partial charge in [-0.2, -0.15) is 4.31 Å². The van der Waals surface area contributed by atoms with Crippen molar-refractivity contribution in [2.45, 2.75) is 4.90 Å². The van der Waals surface area contributed by atoms with Crippen LogP contribution >= 0.6 is 11.6 Å². The molecule has 10 nitrogen and oxygen atoms in total. The predicted octanol–water partition coefficient (Wildman–Crippen LogP) is 0.813. The Bertz CT molecular complexity index is 1110. The van der Waals surface area contributed by atoms with E-state index < -0.39 is 34.4 Å². The van der Waals surface area contributed by atoms with Crippen LogP contribution in [0.5, 0.6) is 0 Å². The molecule has 166 valence electrons. The van der Waals surface area contributed by atoms with Gasteiger partial charge in [0.25, 0.3) is 11.8 Å². The fourth-order valence-corrected chi connectivity index (χ4v) is 4.80. The first kappa shape index (κ1) is 22.9. The van der Waals surface area contributed by atoms with Crippen LogP contribution in [-0.4, -0.2) is 68.0 Å². The summed E-state index contributed by atoms with van der Waals surface area (Å²) in [6, 6.07) is 6.82. The normalized spacial score (nSPS) is 14.8. The number of morpholine rings is 1. The van der Waals surface area contributed by atoms with Gasteiger partial charge in [0, 0.05) is 26.3 Å². The van der Waals surface area contributed by atoms with Crippen LogP contribution in [0.15, 0.2) is 41.4 Å². The van der Waals surface area contributed by atoms with Gasteiger partial charge in [0.15, 0.2) is 6.61 Å². The van der Waals surface area contributed by atoms with Gasteiger partial charge in [-0.05, 0) is 30.3 Å². The molecule has 2 aromatic rings. The number of ether oxygens (including phenoxy) is 2. The van der Waals surface area contributed by atoms with Crippen molar-refractivity contribution in [1.29, 1.82) is 0 Å². The van der Waals surface area contributed by atoms with Gasteiger partial charge < -0.3 is 14.0 Å². The number of benzene rings is 1. The molecular formula is C19H20ClN3O7S. The van der Waals surface area contributed by atoms with E-state index in [1.54, 1.807) is 19.3 Å². The van der Waals surface area contributed by atoms with E-state index in [1.165, 1.54) is 27.1 Å². The highest BCUT2D eigenvalue weighted by molar-refractivity contribution is 7.89. The molecule has 1 aliphatic heterocycles. The molecule has 1 saturated heterocycles. The standard InChI is InChI=1S/C19H20ClN3O7S/c1-22-6-2-3-15(22)18(25)21-17(24)12-30-19(26)13-4-5-14(20)16(11-13)31(27,28)23-7-9-29-10-8-23/h2-6,11H,7-10,12H2,1H3,(H,21,24,25). The Balaban J connectivity index is 1.65. The van der Waals surface area contributed by atoms with Gasteiger partial charge in [-0.15, -0.1) is 0 Å². The zero-order chi connectivity index (χ0) is 22.6. The average molecular weight is 470 g/mol. The number of sulfonamides is 1. The Morgan fingerprint density at radius 3 is 2.55 bits per heavy atom. The minimum absolute atomic E-state index is 0.0473. The minimum Gasteiger partial charge on any atom is -0.452 e. The minimum atomic E-state index is -3.94. The van der Waals surface area contributed by atoms with Crippen LogP contribution in [-0.2, 0) is 31.3 Å². The van der Waals surface area contributed by atoms with Gasteiger partial charge in [0.1, 0.15) is 10.6 Å². The predicted molar refractivity (Wildman–Crippen MR) is 109 cm³/mol. The molecule has 1 aromatic carbocycles. The number of imide groups is 1. The van der Waals surface area contributed by atoms with Crippen LogP contribution < -0.4 is 5.32 Å². The van der Waals surface area contributed by atoms with E-state index in [4.69, 9.17) is 21.1 Å². The fraction of sp³-hybridized carbons (Fsp3) is 0.316. The van der Waals surface area contributed by atoms with E-state index in [0.29, 0.717) is 0 Å². The molecule has 0 radical (unpaired) electrons. The van der Waals surface area contributed by atoms with Gasteiger partial charge >= 0.3 is 5.97 Å². The van der Waals surface area contributed by atoms with Gasteiger partial charge in [0.05, 0.1) is 23.8 Å². The highest BCUT2D eigenvalue weighted by Gasteiger charge is 2.29. The number of nitrogens with one attached hydrogen (secondary N) is 1. The lowest BCUT2D eigenvalue weighted by molar-refractivity contribution is -0.123. The molecule has 0 saturated carbocycles. The zero-order valence-electron chi connectivity index (χ0n) is 16.5. The van der Waals surface area contributed by atoms with Gasteiger partial charge in [0.2, 0.25) is 10.0 Å². The summed E-state index contributed by atoms with van der Waals surface area (Å²) in [5.74, 6) is -2.40. The second-order valence-corrected chi connectivity index (χ2v) is 8.93. The monoisotopic (exact) mass is 469 g/mol. The Kier molecular flexibility index (Phi) is 7.11. The molecule has 3 rings (SSSR count). The highest BCUT2D eigenvalue weighted by atomic mass is 35.5. The van der Waals surface area contributed by atoms with Crippen molar-refractivity contribution in [3.8, 4) is 0 Å². The SMILES string of the molecule is Cn1cccc1C(=O)NC(=O)COC(=O)c1ccc(Cl)c(S(=O)(=O)N2CCOCC2)c1. The summed E-state index contributed by atoms with van der Waals surface area (Å²) in [4.78, 5) is 36.0. The lowest BCUT2D eigenvalue weighted by Crippen LogP contribution is -2.40. The summed E-state index contributed by atoms with van der Waals surface area (Å²) >= 11 is 6.06. The second-order valence-electron chi connectivity index (χ2n) is 6.62. The molecule has 2 heterocycles. The number of hydrogen-bond donors (Lipinski definition) is 1. The van der Waals surface area contributed by atoms with Crippen LogP contribution in [0.1, 0.15) is 20.8 Å². The number of carbonyl (C=O) groups excluding carboxylic acids is 3. The van der Waals surface area contributed by atoms with Crippen molar-refractivity contribution in [2.24, 2.45) is 7.05 Å². The number of hydrogen-bond acceptors (Lipinski definition) is 7. The lowest BCUT2D eigenvalue weighted by Gasteiger charge is -2.26. The van der Waals surface area contributed by atoms with Crippen molar-refractivity contribution in [2.75, 3.05) is 32.9 Å². The molecule has 1 fully saturated rings. The summed E-state index contributed by atoms with van der Waals surface area (Å²) in [7, 11) is -2.30. The first-order chi connectivity index (χ1) is 14.7. The smallest absolute Gasteiger partial charge is 0.338 e. The second kappa shape index (κ2) is 9.60. The van der Waals surface area contributed by atoms with E-state index in [1.807, 2.05) is 0 Å². The zero-order valence-corrected chi connectivity index (χ0v) is 18.1. The van der Waals surface area contributed by atoms with E-state index in [9.17, 15) is 22.8 Å². The quantitative estimate of drug-likeness (QED) is 0.621. The first-order valence-corrected chi connectivity index (χ1v) is 11.0. The third-order valence-electron chi connectivity index (χ3n) is 4.52. The van der Waals surface area contributed by atoms with Gasteiger partial charge in [-0.1, -0.05) is 11.6 Å². The van der Waals surface area contributed by atoms with Crippen LogP contribution in [0.25, 0.3) is 0 Å². The van der Waals surface area contributed by atoms with E-state index in [2.05, 4.69) is 5.32 Å². The molecule has 0 atom stereocenters. The Hall–Kier alpha value is -2.73. The summed E-state index contributed by atoms with van der Waals surface area (Å²) in [6.45, 7) is 0.138. The molecule has 1 N–H and O–H groups in total. The van der Waals surface area contributed by atoms with Crippen LogP contribution in [0.2, 0.25) is 5.02 Å². The number of amides is 2. The Morgan fingerprint density at radius 1 is 1.19 bits per heavy atom. The topological polar surface area (TPSA) is 124 Å². The third kappa shape index (κ3) is 5.31. The maximum absolute atomic E-state index is 12.8. The van der Waals surface area contributed by atoms with E-state index >= 15 is 0 Å². The molecule has 0 unspecified atom stereocenters. The lowest BCUT2D eigenvalue weighted by atomic mass is 10.2. The van der Waals surface area contributed by atoms with Gasteiger partial charge in [-0.25, -0.2) is 13.2 Å². The molecule has 0 spiro atoms. The molecule has 1 aliphatic rings. The van der Waals surface area contributed by atoms with Crippen LogP contribution in [0.3, 0.4) is 0 Å². The molecule has 1 aromatic heterocycles. The van der Waals surface area contributed by atoms with Crippen molar-refractivity contribution >= 4 is 39.4 Å². The summed E-state index contributed by atoms with van der Waals surface area (Å²) < 4.78 is 38.5. The van der Waals surface area contributed by atoms with Gasteiger partial charge in [-0.3, -0.25) is 14.9 Å².